The van der Waals surface area contributed by atoms with E-state index in [1.54, 1.807) is 4.90 Å². The molecule has 1 heterocycles. The molecule has 1 aromatic carbocycles. The molecule has 4 N–H and O–H groups in total. The van der Waals surface area contributed by atoms with Crippen LogP contribution in [0, 0.1) is 0 Å². The van der Waals surface area contributed by atoms with E-state index in [1.807, 2.05) is 24.3 Å². The van der Waals surface area contributed by atoms with Gasteiger partial charge in [-0.15, -0.1) is 0 Å². The SMILES string of the molecule is Nc1cccc2cc(C(=O)N(CCO)C3CCC3)[nH]c12. The number of fused-ring (bicyclic) bond motifs is 1. The first-order chi connectivity index (χ1) is 9.70. The van der Waals surface area contributed by atoms with Crippen LogP contribution in [0.2, 0.25) is 0 Å². The molecule has 2 aromatic rings. The summed E-state index contributed by atoms with van der Waals surface area (Å²) < 4.78 is 0. The number of anilines is 1. The van der Waals surface area contributed by atoms with Crippen LogP contribution in [0.5, 0.6) is 0 Å². The lowest BCUT2D eigenvalue weighted by atomic mass is 9.91. The second-order valence-electron chi connectivity index (χ2n) is 5.30. The number of aliphatic hydroxyl groups excluding tert-OH is 1. The maximum Gasteiger partial charge on any atom is 0.270 e. The number of amides is 1. The summed E-state index contributed by atoms with van der Waals surface area (Å²) >= 11 is 0. The first-order valence-electron chi connectivity index (χ1n) is 6.99. The lowest BCUT2D eigenvalue weighted by molar-refractivity contribution is 0.0521. The largest absolute Gasteiger partial charge is 0.397 e. The Morgan fingerprint density at radius 3 is 2.85 bits per heavy atom. The molecule has 0 aliphatic heterocycles. The molecular formula is C15H19N3O2. The summed E-state index contributed by atoms with van der Waals surface area (Å²) in [6, 6.07) is 7.70. The highest BCUT2D eigenvalue weighted by atomic mass is 16.3. The van der Waals surface area contributed by atoms with E-state index in [0.717, 1.165) is 30.2 Å². The van der Waals surface area contributed by atoms with Gasteiger partial charge in [0.2, 0.25) is 0 Å². The normalized spacial score (nSPS) is 15.2. The number of carbonyl (C=O) groups is 1. The van der Waals surface area contributed by atoms with Crippen LogP contribution in [-0.2, 0) is 0 Å². The van der Waals surface area contributed by atoms with Gasteiger partial charge in [-0.3, -0.25) is 4.79 Å². The van der Waals surface area contributed by atoms with Crippen molar-refractivity contribution < 1.29 is 9.90 Å². The number of carbonyl (C=O) groups excluding carboxylic acids is 1. The van der Waals surface area contributed by atoms with E-state index in [1.165, 1.54) is 0 Å². The van der Waals surface area contributed by atoms with Crippen molar-refractivity contribution in [3.63, 3.8) is 0 Å². The number of rotatable bonds is 4. The molecule has 1 aromatic heterocycles. The summed E-state index contributed by atoms with van der Waals surface area (Å²) in [4.78, 5) is 17.5. The summed E-state index contributed by atoms with van der Waals surface area (Å²) in [6.07, 6.45) is 3.20. The van der Waals surface area contributed by atoms with Gasteiger partial charge in [0.1, 0.15) is 5.69 Å². The maximum absolute atomic E-state index is 12.6. The Hall–Kier alpha value is -2.01. The number of nitrogen functional groups attached to an aromatic ring is 1. The fourth-order valence-corrected chi connectivity index (χ4v) is 2.71. The van der Waals surface area contributed by atoms with Gasteiger partial charge < -0.3 is 20.7 Å². The van der Waals surface area contributed by atoms with E-state index in [0.29, 0.717) is 17.9 Å². The summed E-state index contributed by atoms with van der Waals surface area (Å²) in [6.45, 7) is 0.374. The number of aromatic nitrogens is 1. The minimum absolute atomic E-state index is 0.00932. The Kier molecular flexibility index (Phi) is 3.36. The van der Waals surface area contributed by atoms with E-state index in [-0.39, 0.29) is 18.6 Å². The molecule has 106 valence electrons. The lowest BCUT2D eigenvalue weighted by Gasteiger charge is -2.37. The molecule has 1 aliphatic rings. The van der Waals surface area contributed by atoms with Crippen LogP contribution in [0.25, 0.3) is 10.9 Å². The number of nitrogens with zero attached hydrogens (tertiary/aromatic N) is 1. The van der Waals surface area contributed by atoms with Crippen molar-refractivity contribution in [2.45, 2.75) is 25.3 Å². The van der Waals surface area contributed by atoms with Crippen LogP contribution < -0.4 is 5.73 Å². The average molecular weight is 273 g/mol. The van der Waals surface area contributed by atoms with Crippen LogP contribution >= 0.6 is 0 Å². The molecular weight excluding hydrogens is 254 g/mol. The summed E-state index contributed by atoms with van der Waals surface area (Å²) in [5.74, 6) is -0.0562. The third-order valence-electron chi connectivity index (χ3n) is 4.04. The van der Waals surface area contributed by atoms with Gasteiger partial charge in [0.15, 0.2) is 0 Å². The minimum atomic E-state index is -0.0562. The van der Waals surface area contributed by atoms with Gasteiger partial charge in [0.25, 0.3) is 5.91 Å². The van der Waals surface area contributed by atoms with Crippen molar-refractivity contribution >= 4 is 22.5 Å². The van der Waals surface area contributed by atoms with Crippen molar-refractivity contribution in [1.82, 2.24) is 9.88 Å². The molecule has 1 saturated carbocycles. The van der Waals surface area contributed by atoms with Crippen molar-refractivity contribution in [2.75, 3.05) is 18.9 Å². The van der Waals surface area contributed by atoms with Gasteiger partial charge in [0, 0.05) is 18.0 Å². The van der Waals surface area contributed by atoms with Crippen molar-refractivity contribution in [3.8, 4) is 0 Å². The maximum atomic E-state index is 12.6. The Morgan fingerprint density at radius 2 is 2.25 bits per heavy atom. The van der Waals surface area contributed by atoms with Gasteiger partial charge >= 0.3 is 0 Å². The third-order valence-corrected chi connectivity index (χ3v) is 4.04. The number of aromatic amines is 1. The second-order valence-corrected chi connectivity index (χ2v) is 5.30. The molecule has 0 radical (unpaired) electrons. The van der Waals surface area contributed by atoms with Gasteiger partial charge in [-0.2, -0.15) is 0 Å². The van der Waals surface area contributed by atoms with E-state index >= 15 is 0 Å². The number of H-pyrrole nitrogens is 1. The standard InChI is InChI=1S/C15H19N3O2/c16-12-6-1-3-10-9-13(17-14(10)12)15(20)18(7-8-19)11-4-2-5-11/h1,3,6,9,11,17,19H,2,4-5,7-8,16H2. The molecule has 0 bridgehead atoms. The molecule has 1 fully saturated rings. The monoisotopic (exact) mass is 273 g/mol. The average Bonchev–Trinajstić information content (AvgIpc) is 2.81. The highest BCUT2D eigenvalue weighted by Gasteiger charge is 2.29. The van der Waals surface area contributed by atoms with Crippen LogP contribution in [-0.4, -0.2) is 40.1 Å². The molecule has 5 nitrogen and oxygen atoms in total. The zero-order valence-corrected chi connectivity index (χ0v) is 11.3. The highest BCUT2D eigenvalue weighted by Crippen LogP contribution is 2.27. The molecule has 20 heavy (non-hydrogen) atoms. The Morgan fingerprint density at radius 1 is 1.45 bits per heavy atom. The van der Waals surface area contributed by atoms with Crippen LogP contribution in [0.15, 0.2) is 24.3 Å². The van der Waals surface area contributed by atoms with Crippen molar-refractivity contribution in [3.05, 3.63) is 30.0 Å². The number of hydrogen-bond acceptors (Lipinski definition) is 3. The van der Waals surface area contributed by atoms with Crippen molar-refractivity contribution in [2.24, 2.45) is 0 Å². The van der Waals surface area contributed by atoms with E-state index < -0.39 is 0 Å². The number of aliphatic hydroxyl groups is 1. The first kappa shape index (κ1) is 13.0. The summed E-state index contributed by atoms with van der Waals surface area (Å²) in [5.41, 5.74) is 7.88. The van der Waals surface area contributed by atoms with Gasteiger partial charge in [-0.25, -0.2) is 0 Å². The zero-order valence-electron chi connectivity index (χ0n) is 11.3. The predicted octanol–water partition coefficient (Wildman–Crippen LogP) is 1.74. The smallest absolute Gasteiger partial charge is 0.270 e. The van der Waals surface area contributed by atoms with Gasteiger partial charge in [0.05, 0.1) is 17.8 Å². The summed E-state index contributed by atoms with van der Waals surface area (Å²) in [7, 11) is 0. The van der Waals surface area contributed by atoms with E-state index in [9.17, 15) is 4.79 Å². The number of hydrogen-bond donors (Lipinski definition) is 3. The zero-order chi connectivity index (χ0) is 14.1. The predicted molar refractivity (Wildman–Crippen MR) is 78.5 cm³/mol. The first-order valence-corrected chi connectivity index (χ1v) is 6.99. The molecule has 0 saturated heterocycles. The fraction of sp³-hybridized carbons (Fsp3) is 0.400. The van der Waals surface area contributed by atoms with Gasteiger partial charge in [-0.1, -0.05) is 12.1 Å². The van der Waals surface area contributed by atoms with E-state index in [2.05, 4.69) is 4.98 Å². The molecule has 1 amide bonds. The van der Waals surface area contributed by atoms with Crippen LogP contribution in [0.1, 0.15) is 29.8 Å². The molecule has 0 atom stereocenters. The Balaban J connectivity index is 1.92. The Labute approximate surface area is 117 Å². The number of nitrogens with one attached hydrogen (secondary N) is 1. The number of benzene rings is 1. The van der Waals surface area contributed by atoms with E-state index in [4.69, 9.17) is 10.8 Å². The highest BCUT2D eigenvalue weighted by molar-refractivity contribution is 6.01. The lowest BCUT2D eigenvalue weighted by Crippen LogP contribution is -2.45. The number of nitrogens with two attached hydrogens (primary N) is 1. The molecule has 0 unspecified atom stereocenters. The van der Waals surface area contributed by atoms with Crippen LogP contribution in [0.3, 0.4) is 0 Å². The van der Waals surface area contributed by atoms with Gasteiger partial charge in [-0.05, 0) is 31.4 Å². The quantitative estimate of drug-likeness (QED) is 0.742. The minimum Gasteiger partial charge on any atom is -0.397 e. The van der Waals surface area contributed by atoms with Crippen molar-refractivity contribution in [1.29, 1.82) is 0 Å². The third kappa shape index (κ3) is 2.14. The molecule has 3 rings (SSSR count). The summed E-state index contributed by atoms with van der Waals surface area (Å²) in [5, 5.41) is 10.1. The molecule has 1 aliphatic carbocycles. The topological polar surface area (TPSA) is 82.3 Å². The fourth-order valence-electron chi connectivity index (χ4n) is 2.71. The Bertz CT molecular complexity index is 631. The second kappa shape index (κ2) is 5.17. The molecule has 0 spiro atoms. The van der Waals surface area contributed by atoms with Crippen LogP contribution in [0.4, 0.5) is 5.69 Å². The molecule has 5 heteroatoms. The number of para-hydroxylation sites is 1.